The summed E-state index contributed by atoms with van der Waals surface area (Å²) >= 11 is 0. The van der Waals surface area contributed by atoms with E-state index in [1.807, 2.05) is 23.1 Å². The second-order valence-electron chi connectivity index (χ2n) is 10.3. The van der Waals surface area contributed by atoms with Gasteiger partial charge in [-0.3, -0.25) is 4.79 Å². The molecule has 1 aliphatic carbocycles. The number of rotatable bonds is 3. The van der Waals surface area contributed by atoms with Gasteiger partial charge in [-0.1, -0.05) is 49.6 Å². The third-order valence-corrected chi connectivity index (χ3v) is 8.34. The minimum atomic E-state index is -0.916. The smallest absolute Gasteiger partial charge is 0.335 e. The van der Waals surface area contributed by atoms with E-state index in [4.69, 9.17) is 4.74 Å². The summed E-state index contributed by atoms with van der Waals surface area (Å²) in [5, 5.41) is 9.75. The number of nitrogens with zero attached hydrogens (tertiary/aromatic N) is 2. The lowest BCUT2D eigenvalue weighted by atomic mass is 9.73. The summed E-state index contributed by atoms with van der Waals surface area (Å²) in [6.07, 6.45) is 8.26. The molecule has 0 bridgehead atoms. The van der Waals surface area contributed by atoms with E-state index in [-0.39, 0.29) is 11.9 Å². The number of ether oxygens (including phenoxy) is 1. The maximum atomic E-state index is 13.7. The number of aromatic carboxylic acids is 1. The molecule has 1 saturated heterocycles. The van der Waals surface area contributed by atoms with Crippen molar-refractivity contribution in [3.05, 3.63) is 70.3 Å². The molecule has 1 amide bonds. The fraction of sp³-hybridized carbons (Fsp3) is 0.448. The largest absolute Gasteiger partial charge is 0.478 e. The fourth-order valence-electron chi connectivity index (χ4n) is 6.70. The van der Waals surface area contributed by atoms with Crippen LogP contribution in [-0.4, -0.2) is 54.7 Å². The van der Waals surface area contributed by atoms with Gasteiger partial charge in [0.1, 0.15) is 0 Å². The van der Waals surface area contributed by atoms with Crippen molar-refractivity contribution in [3.8, 4) is 0 Å². The maximum Gasteiger partial charge on any atom is 0.335 e. The van der Waals surface area contributed by atoms with Crippen LogP contribution >= 0.6 is 0 Å². The Kier molecular flexibility index (Phi) is 5.85. The second kappa shape index (κ2) is 9.15. The van der Waals surface area contributed by atoms with Gasteiger partial charge in [-0.15, -0.1) is 0 Å². The van der Waals surface area contributed by atoms with Gasteiger partial charge in [0.2, 0.25) is 0 Å². The molecule has 182 valence electrons. The standard InChI is InChI=1S/C29H32N2O4/c32-28(30-12-14-35-15-13-30)22-16-20-8-4-5-9-23(20)27-26(19-6-2-1-3-7-19)24-11-10-21(29(33)34)17-25(24)31(27)18-22/h4-5,8-11,16-17,19,26-27H,1-3,6-7,12-15,18H2,(H,33,34). The van der Waals surface area contributed by atoms with Gasteiger partial charge in [0, 0.05) is 36.8 Å². The first-order chi connectivity index (χ1) is 17.1. The molecule has 6 nitrogen and oxygen atoms in total. The van der Waals surface area contributed by atoms with E-state index in [2.05, 4.69) is 29.2 Å². The Morgan fingerprint density at radius 3 is 2.49 bits per heavy atom. The highest BCUT2D eigenvalue weighted by atomic mass is 16.5. The maximum absolute atomic E-state index is 13.7. The lowest BCUT2D eigenvalue weighted by Crippen LogP contribution is -2.43. The van der Waals surface area contributed by atoms with Crippen LogP contribution in [0, 0.1) is 5.92 Å². The van der Waals surface area contributed by atoms with E-state index >= 15 is 0 Å². The van der Waals surface area contributed by atoms with Crippen molar-refractivity contribution < 1.29 is 19.4 Å². The van der Waals surface area contributed by atoms with Crippen LogP contribution < -0.4 is 4.90 Å². The number of hydrogen-bond donors (Lipinski definition) is 1. The molecule has 6 rings (SSSR count). The number of carboxylic acid groups (broad SMARTS) is 1. The van der Waals surface area contributed by atoms with Crippen molar-refractivity contribution in [1.29, 1.82) is 0 Å². The molecule has 3 aliphatic heterocycles. The van der Waals surface area contributed by atoms with E-state index < -0.39 is 5.97 Å². The first kappa shape index (κ1) is 22.4. The summed E-state index contributed by atoms with van der Waals surface area (Å²) in [4.78, 5) is 29.8. The SMILES string of the molecule is O=C(O)c1ccc2c(c1)N1CC(C(=O)N3CCOCC3)=Cc3ccccc3C1C2C1CCCCC1. The van der Waals surface area contributed by atoms with Crippen LogP contribution in [-0.2, 0) is 9.53 Å². The van der Waals surface area contributed by atoms with Crippen LogP contribution in [0.1, 0.15) is 71.1 Å². The van der Waals surface area contributed by atoms with Gasteiger partial charge in [-0.2, -0.15) is 0 Å². The zero-order valence-corrected chi connectivity index (χ0v) is 20.0. The summed E-state index contributed by atoms with van der Waals surface area (Å²) < 4.78 is 5.47. The molecule has 4 aliphatic rings. The van der Waals surface area contributed by atoms with Gasteiger partial charge in [0.25, 0.3) is 5.91 Å². The highest BCUT2D eigenvalue weighted by molar-refractivity contribution is 6.00. The van der Waals surface area contributed by atoms with Gasteiger partial charge < -0.3 is 19.6 Å². The molecular formula is C29H32N2O4. The van der Waals surface area contributed by atoms with Crippen LogP contribution in [0.3, 0.4) is 0 Å². The number of fused-ring (bicyclic) bond motifs is 5. The summed E-state index contributed by atoms with van der Waals surface area (Å²) in [5.74, 6) is -0.0140. The minimum absolute atomic E-state index is 0.0563. The highest BCUT2D eigenvalue weighted by Gasteiger charge is 2.46. The number of amides is 1. The third-order valence-electron chi connectivity index (χ3n) is 8.34. The molecule has 2 aromatic rings. The summed E-state index contributed by atoms with van der Waals surface area (Å²) in [7, 11) is 0. The molecule has 3 heterocycles. The normalized spacial score (nSPS) is 24.2. The Hall–Kier alpha value is -3.12. The predicted octanol–water partition coefficient (Wildman–Crippen LogP) is 4.87. The molecule has 0 aromatic heterocycles. The number of benzene rings is 2. The van der Waals surface area contributed by atoms with Gasteiger partial charge in [0.05, 0.1) is 24.8 Å². The summed E-state index contributed by atoms with van der Waals surface area (Å²) in [5.41, 5.74) is 5.61. The molecular weight excluding hydrogens is 440 g/mol. The number of carbonyl (C=O) groups is 2. The first-order valence-corrected chi connectivity index (χ1v) is 12.9. The van der Waals surface area contributed by atoms with Crippen molar-refractivity contribution in [1.82, 2.24) is 4.90 Å². The fourth-order valence-corrected chi connectivity index (χ4v) is 6.70. The molecule has 2 atom stereocenters. The number of anilines is 1. The topological polar surface area (TPSA) is 70.1 Å². The quantitative estimate of drug-likeness (QED) is 0.691. The third kappa shape index (κ3) is 3.94. The van der Waals surface area contributed by atoms with Crippen LogP contribution in [0.4, 0.5) is 5.69 Å². The number of carbonyl (C=O) groups excluding carboxylic acids is 1. The Morgan fingerprint density at radius 2 is 1.71 bits per heavy atom. The molecule has 1 saturated carbocycles. The molecule has 35 heavy (non-hydrogen) atoms. The van der Waals surface area contributed by atoms with E-state index in [1.165, 1.54) is 43.2 Å². The van der Waals surface area contributed by atoms with Crippen molar-refractivity contribution in [2.24, 2.45) is 5.92 Å². The molecule has 0 radical (unpaired) electrons. The van der Waals surface area contributed by atoms with E-state index in [0.29, 0.717) is 50.2 Å². The average molecular weight is 473 g/mol. The molecule has 2 fully saturated rings. The zero-order chi connectivity index (χ0) is 23.9. The monoisotopic (exact) mass is 472 g/mol. The Labute approximate surface area is 206 Å². The van der Waals surface area contributed by atoms with E-state index in [1.54, 1.807) is 6.07 Å². The van der Waals surface area contributed by atoms with Crippen LogP contribution in [0.2, 0.25) is 0 Å². The number of hydrogen-bond acceptors (Lipinski definition) is 4. The molecule has 2 unspecified atom stereocenters. The van der Waals surface area contributed by atoms with Crippen molar-refractivity contribution in [2.45, 2.75) is 44.1 Å². The lowest BCUT2D eigenvalue weighted by Gasteiger charge is -2.36. The molecule has 1 N–H and O–H groups in total. The minimum Gasteiger partial charge on any atom is -0.478 e. The Balaban J connectivity index is 1.48. The molecule has 0 spiro atoms. The zero-order valence-electron chi connectivity index (χ0n) is 20.0. The van der Waals surface area contributed by atoms with Crippen molar-refractivity contribution in [3.63, 3.8) is 0 Å². The Morgan fingerprint density at radius 1 is 0.943 bits per heavy atom. The van der Waals surface area contributed by atoms with Crippen LogP contribution in [0.15, 0.2) is 48.0 Å². The second-order valence-corrected chi connectivity index (χ2v) is 10.3. The molecule has 6 heteroatoms. The van der Waals surface area contributed by atoms with Crippen molar-refractivity contribution >= 4 is 23.6 Å². The van der Waals surface area contributed by atoms with E-state index in [9.17, 15) is 14.7 Å². The molecule has 2 aromatic carbocycles. The van der Waals surface area contributed by atoms with Gasteiger partial charge in [0.15, 0.2) is 0 Å². The summed E-state index contributed by atoms with van der Waals surface area (Å²) in [6.45, 7) is 2.82. The number of morpholine rings is 1. The average Bonchev–Trinajstić information content (AvgIpc) is 3.11. The predicted molar refractivity (Wildman–Crippen MR) is 135 cm³/mol. The lowest BCUT2D eigenvalue weighted by molar-refractivity contribution is -0.131. The van der Waals surface area contributed by atoms with Gasteiger partial charge in [-0.25, -0.2) is 4.79 Å². The summed E-state index contributed by atoms with van der Waals surface area (Å²) in [6, 6.07) is 14.2. The van der Waals surface area contributed by atoms with Gasteiger partial charge in [-0.05, 0) is 53.7 Å². The van der Waals surface area contributed by atoms with Crippen molar-refractivity contribution in [2.75, 3.05) is 37.7 Å². The number of carboxylic acids is 1. The Bertz CT molecular complexity index is 1180. The van der Waals surface area contributed by atoms with E-state index in [0.717, 1.165) is 16.8 Å². The van der Waals surface area contributed by atoms with Gasteiger partial charge >= 0.3 is 5.97 Å². The van der Waals surface area contributed by atoms with Crippen LogP contribution in [0.5, 0.6) is 0 Å². The first-order valence-electron chi connectivity index (χ1n) is 12.9. The highest BCUT2D eigenvalue weighted by Crippen LogP contribution is 2.56. The van der Waals surface area contributed by atoms with Crippen LogP contribution in [0.25, 0.3) is 6.08 Å².